The standard InChI is InChI=1S/C24H23N3O2/c28-23(18-8-9-18)25-20-12-10-19(11-13-20)24(29)27-16-15-26-14-4-7-21(26)22(27)17-5-2-1-3-6-17/h1-7,10-14,18,22H,8-9,15-16H2,(H,25,28). The van der Waals surface area contributed by atoms with Gasteiger partial charge >= 0.3 is 0 Å². The molecule has 1 saturated carbocycles. The van der Waals surface area contributed by atoms with Crippen molar-refractivity contribution in [3.8, 4) is 0 Å². The molecule has 0 radical (unpaired) electrons. The van der Waals surface area contributed by atoms with E-state index in [9.17, 15) is 9.59 Å². The first kappa shape index (κ1) is 17.7. The molecule has 1 N–H and O–H groups in total. The third-order valence-corrected chi connectivity index (χ3v) is 5.76. The van der Waals surface area contributed by atoms with E-state index >= 15 is 0 Å². The first-order valence-electron chi connectivity index (χ1n) is 10.1. The molecule has 1 atom stereocenters. The van der Waals surface area contributed by atoms with Crippen LogP contribution in [0.1, 0.15) is 40.5 Å². The molecule has 1 aromatic heterocycles. The summed E-state index contributed by atoms with van der Waals surface area (Å²) in [4.78, 5) is 27.3. The van der Waals surface area contributed by atoms with Crippen molar-refractivity contribution in [2.75, 3.05) is 11.9 Å². The Bertz CT molecular complexity index is 1040. The van der Waals surface area contributed by atoms with Crippen molar-refractivity contribution in [2.45, 2.75) is 25.4 Å². The van der Waals surface area contributed by atoms with Gasteiger partial charge in [0.25, 0.3) is 5.91 Å². The number of nitrogens with zero attached hydrogens (tertiary/aromatic N) is 2. The van der Waals surface area contributed by atoms with E-state index in [4.69, 9.17) is 0 Å². The predicted octanol–water partition coefficient (Wildman–Crippen LogP) is 4.08. The zero-order valence-electron chi connectivity index (χ0n) is 16.1. The molecule has 29 heavy (non-hydrogen) atoms. The SMILES string of the molecule is O=C(Nc1ccc(C(=O)N2CCn3cccc3C2c2ccccc2)cc1)C1CC1. The van der Waals surface area contributed by atoms with Gasteiger partial charge in [0.1, 0.15) is 0 Å². The van der Waals surface area contributed by atoms with Gasteiger partial charge in [0.2, 0.25) is 5.91 Å². The van der Waals surface area contributed by atoms with Crippen LogP contribution in [-0.4, -0.2) is 27.8 Å². The van der Waals surface area contributed by atoms with E-state index in [1.807, 2.05) is 41.3 Å². The van der Waals surface area contributed by atoms with E-state index in [0.29, 0.717) is 12.1 Å². The molecule has 0 spiro atoms. The maximum absolute atomic E-state index is 13.4. The van der Waals surface area contributed by atoms with Gasteiger partial charge in [-0.1, -0.05) is 30.3 Å². The van der Waals surface area contributed by atoms with Gasteiger partial charge in [-0.05, 0) is 54.8 Å². The van der Waals surface area contributed by atoms with Gasteiger partial charge in [-0.3, -0.25) is 9.59 Å². The molecule has 1 aliphatic carbocycles. The quantitative estimate of drug-likeness (QED) is 0.736. The van der Waals surface area contributed by atoms with E-state index in [1.54, 1.807) is 12.1 Å². The van der Waals surface area contributed by atoms with Gasteiger partial charge in [-0.15, -0.1) is 0 Å². The first-order chi connectivity index (χ1) is 14.2. The molecular weight excluding hydrogens is 362 g/mol. The van der Waals surface area contributed by atoms with Crippen molar-refractivity contribution in [1.82, 2.24) is 9.47 Å². The third kappa shape index (κ3) is 3.44. The van der Waals surface area contributed by atoms with E-state index in [1.165, 1.54) is 0 Å². The van der Waals surface area contributed by atoms with Crippen molar-refractivity contribution in [1.29, 1.82) is 0 Å². The van der Waals surface area contributed by atoms with Crippen LogP contribution < -0.4 is 5.32 Å². The Morgan fingerprint density at radius 1 is 0.862 bits per heavy atom. The fourth-order valence-corrected chi connectivity index (χ4v) is 4.04. The number of rotatable bonds is 4. The molecule has 1 unspecified atom stereocenters. The molecule has 146 valence electrons. The van der Waals surface area contributed by atoms with Crippen molar-refractivity contribution in [2.24, 2.45) is 5.92 Å². The van der Waals surface area contributed by atoms with E-state index in [-0.39, 0.29) is 23.8 Å². The number of hydrogen-bond acceptors (Lipinski definition) is 2. The minimum atomic E-state index is -0.110. The number of aromatic nitrogens is 1. The minimum Gasteiger partial charge on any atom is -0.348 e. The summed E-state index contributed by atoms with van der Waals surface area (Å²) in [7, 11) is 0. The lowest BCUT2D eigenvalue weighted by Crippen LogP contribution is -2.42. The summed E-state index contributed by atoms with van der Waals surface area (Å²) < 4.78 is 2.22. The van der Waals surface area contributed by atoms with Gasteiger partial charge in [0, 0.05) is 42.1 Å². The van der Waals surface area contributed by atoms with E-state index < -0.39 is 0 Å². The summed E-state index contributed by atoms with van der Waals surface area (Å²) in [6.07, 6.45) is 4.02. The molecule has 0 saturated heterocycles. The number of hydrogen-bond donors (Lipinski definition) is 1. The molecule has 3 aromatic rings. The van der Waals surface area contributed by atoms with Gasteiger partial charge in [-0.25, -0.2) is 0 Å². The summed E-state index contributed by atoms with van der Waals surface area (Å²) in [5.74, 6) is 0.240. The average Bonchev–Trinajstić information content (AvgIpc) is 3.51. The van der Waals surface area contributed by atoms with E-state index in [0.717, 1.165) is 36.3 Å². The molecular formula is C24H23N3O2. The predicted molar refractivity (Wildman–Crippen MR) is 112 cm³/mol. The second-order valence-electron chi connectivity index (χ2n) is 7.78. The van der Waals surface area contributed by atoms with Crippen LogP contribution in [0.2, 0.25) is 0 Å². The van der Waals surface area contributed by atoms with Crippen LogP contribution in [0.5, 0.6) is 0 Å². The molecule has 1 fully saturated rings. The second-order valence-corrected chi connectivity index (χ2v) is 7.78. The Morgan fingerprint density at radius 2 is 1.62 bits per heavy atom. The van der Waals surface area contributed by atoms with E-state index in [2.05, 4.69) is 34.3 Å². The molecule has 2 aliphatic rings. The Balaban J connectivity index is 1.41. The number of benzene rings is 2. The van der Waals surface area contributed by atoms with Crippen LogP contribution in [0.4, 0.5) is 5.69 Å². The lowest BCUT2D eigenvalue weighted by atomic mass is 9.99. The largest absolute Gasteiger partial charge is 0.348 e. The van der Waals surface area contributed by atoms with Gasteiger partial charge in [0.15, 0.2) is 0 Å². The smallest absolute Gasteiger partial charge is 0.254 e. The average molecular weight is 385 g/mol. The van der Waals surface area contributed by atoms with Crippen molar-refractivity contribution < 1.29 is 9.59 Å². The fourth-order valence-electron chi connectivity index (χ4n) is 4.04. The van der Waals surface area contributed by atoms with Gasteiger partial charge < -0.3 is 14.8 Å². The van der Waals surface area contributed by atoms with Crippen LogP contribution in [-0.2, 0) is 11.3 Å². The molecule has 2 amide bonds. The monoisotopic (exact) mass is 385 g/mol. The minimum absolute atomic E-state index is 0.00590. The Morgan fingerprint density at radius 3 is 2.34 bits per heavy atom. The number of amides is 2. The molecule has 5 rings (SSSR count). The van der Waals surface area contributed by atoms with Gasteiger partial charge in [0.05, 0.1) is 6.04 Å². The Kier molecular flexibility index (Phi) is 4.43. The normalized spacial score (nSPS) is 18.2. The number of carbonyl (C=O) groups excluding carboxylic acids is 2. The lowest BCUT2D eigenvalue weighted by Gasteiger charge is -2.37. The first-order valence-corrected chi connectivity index (χ1v) is 10.1. The topological polar surface area (TPSA) is 54.3 Å². The summed E-state index contributed by atoms with van der Waals surface area (Å²) in [5.41, 5.74) is 3.61. The Hall–Kier alpha value is -3.34. The molecule has 2 aromatic carbocycles. The van der Waals surface area contributed by atoms with Crippen molar-refractivity contribution in [3.63, 3.8) is 0 Å². The summed E-state index contributed by atoms with van der Waals surface area (Å²) in [5, 5.41) is 2.93. The maximum atomic E-state index is 13.4. The van der Waals surface area contributed by atoms with Crippen LogP contribution in [0.15, 0.2) is 72.9 Å². The van der Waals surface area contributed by atoms with Crippen LogP contribution in [0.3, 0.4) is 0 Å². The Labute approximate surface area is 170 Å². The molecule has 5 heteroatoms. The highest BCUT2D eigenvalue weighted by molar-refractivity contribution is 5.97. The third-order valence-electron chi connectivity index (χ3n) is 5.76. The van der Waals surface area contributed by atoms with Crippen LogP contribution in [0.25, 0.3) is 0 Å². The number of nitrogens with one attached hydrogen (secondary N) is 1. The summed E-state index contributed by atoms with van der Waals surface area (Å²) in [6.45, 7) is 1.44. The lowest BCUT2D eigenvalue weighted by molar-refractivity contribution is -0.117. The summed E-state index contributed by atoms with van der Waals surface area (Å²) >= 11 is 0. The van der Waals surface area contributed by atoms with Crippen molar-refractivity contribution in [3.05, 3.63) is 89.7 Å². The highest BCUT2D eigenvalue weighted by atomic mass is 16.2. The van der Waals surface area contributed by atoms with Crippen molar-refractivity contribution >= 4 is 17.5 Å². The van der Waals surface area contributed by atoms with Gasteiger partial charge in [-0.2, -0.15) is 0 Å². The molecule has 2 heterocycles. The number of fused-ring (bicyclic) bond motifs is 1. The highest BCUT2D eigenvalue weighted by Gasteiger charge is 2.33. The molecule has 1 aliphatic heterocycles. The summed E-state index contributed by atoms with van der Waals surface area (Å²) in [6, 6.07) is 21.4. The fraction of sp³-hybridized carbons (Fsp3) is 0.250. The highest BCUT2D eigenvalue weighted by Crippen LogP contribution is 2.34. The van der Waals surface area contributed by atoms with Crippen LogP contribution in [0, 0.1) is 5.92 Å². The molecule has 5 nitrogen and oxygen atoms in total. The second kappa shape index (κ2) is 7.24. The van der Waals surface area contributed by atoms with Crippen LogP contribution >= 0.6 is 0 Å². The number of anilines is 1. The zero-order chi connectivity index (χ0) is 19.8. The molecule has 0 bridgehead atoms. The number of carbonyl (C=O) groups is 2. The zero-order valence-corrected chi connectivity index (χ0v) is 16.1. The maximum Gasteiger partial charge on any atom is 0.254 e.